The summed E-state index contributed by atoms with van der Waals surface area (Å²) in [4.78, 5) is 14.5. The van der Waals surface area contributed by atoms with Crippen LogP contribution >= 0.6 is 0 Å². The summed E-state index contributed by atoms with van der Waals surface area (Å²) in [5.41, 5.74) is 1.33. The van der Waals surface area contributed by atoms with Gasteiger partial charge in [-0.2, -0.15) is 0 Å². The normalized spacial score (nSPS) is 31.6. The van der Waals surface area contributed by atoms with Crippen LogP contribution in [0.4, 0.5) is 0 Å². The van der Waals surface area contributed by atoms with Gasteiger partial charge in [0.25, 0.3) is 5.91 Å². The smallest absolute Gasteiger partial charge is 0.270 e. The maximum Gasteiger partial charge on any atom is 0.270 e. The van der Waals surface area contributed by atoms with E-state index in [0.29, 0.717) is 18.8 Å². The molecule has 1 aliphatic carbocycles. The number of aromatic nitrogens is 1. The minimum Gasteiger partial charge on any atom is -0.396 e. The molecule has 1 amide bonds. The molecule has 1 aromatic carbocycles. The van der Waals surface area contributed by atoms with Gasteiger partial charge in [0.15, 0.2) is 0 Å². The third kappa shape index (κ3) is 2.05. The number of aryl methyl sites for hydroxylation is 1. The monoisotopic (exact) mass is 326 g/mol. The molecule has 2 fully saturated rings. The van der Waals surface area contributed by atoms with Crippen LogP contribution in [0.3, 0.4) is 0 Å². The molecule has 1 saturated carbocycles. The summed E-state index contributed by atoms with van der Waals surface area (Å²) in [6, 6.07) is 13.6. The Kier molecular flexibility index (Phi) is 3.51. The number of hydrogen-bond acceptors (Lipinski definition) is 3. The van der Waals surface area contributed by atoms with Crippen LogP contribution in [0, 0.1) is 11.3 Å². The molecular weight excluding hydrogens is 304 g/mol. The molecule has 0 radical (unpaired) electrons. The van der Waals surface area contributed by atoms with Crippen molar-refractivity contribution in [3.8, 4) is 0 Å². The number of benzene rings is 1. The van der Waals surface area contributed by atoms with Crippen LogP contribution < -0.4 is 0 Å². The van der Waals surface area contributed by atoms with E-state index in [0.717, 1.165) is 5.56 Å². The van der Waals surface area contributed by atoms with Crippen molar-refractivity contribution in [2.45, 2.75) is 12.0 Å². The van der Waals surface area contributed by atoms with Crippen LogP contribution in [-0.2, 0) is 7.05 Å². The first-order chi connectivity index (χ1) is 11.6. The lowest BCUT2D eigenvalue weighted by molar-refractivity contribution is 0.0755. The van der Waals surface area contributed by atoms with Crippen LogP contribution in [0.2, 0.25) is 0 Å². The standard InChI is InChI=1S/C19H22N2O3/c1-20-9-5-8-15(20)18(24)21-10-16(23)19(12-21)14(11-22)17(19)13-6-3-2-4-7-13/h2-9,14,16-17,22-23H,10-12H2,1H3/t14-,16+,17-,19-/m1/s1. The van der Waals surface area contributed by atoms with Gasteiger partial charge in [0, 0.05) is 38.4 Å². The Morgan fingerprint density at radius 1 is 1.25 bits per heavy atom. The van der Waals surface area contributed by atoms with Crippen molar-refractivity contribution < 1.29 is 15.0 Å². The Labute approximate surface area is 141 Å². The Bertz CT molecular complexity index is 757. The van der Waals surface area contributed by atoms with E-state index in [1.165, 1.54) is 0 Å². The second-order valence-electron chi connectivity index (χ2n) is 7.00. The molecule has 1 spiro atoms. The number of aliphatic hydroxyl groups is 2. The summed E-state index contributed by atoms with van der Waals surface area (Å²) < 4.78 is 1.80. The molecule has 1 aliphatic heterocycles. The zero-order chi connectivity index (χ0) is 16.9. The van der Waals surface area contributed by atoms with Crippen molar-refractivity contribution in [2.24, 2.45) is 18.4 Å². The molecule has 2 aliphatic rings. The number of hydrogen-bond donors (Lipinski definition) is 2. The highest BCUT2D eigenvalue weighted by Gasteiger charge is 2.71. The van der Waals surface area contributed by atoms with Crippen molar-refractivity contribution in [1.29, 1.82) is 0 Å². The minimum absolute atomic E-state index is 0.00103. The zero-order valence-electron chi connectivity index (χ0n) is 13.7. The lowest BCUT2D eigenvalue weighted by Crippen LogP contribution is -2.31. The number of likely N-dealkylation sites (tertiary alicyclic amines) is 1. The third-order valence-corrected chi connectivity index (χ3v) is 5.85. The Morgan fingerprint density at radius 2 is 2.00 bits per heavy atom. The van der Waals surface area contributed by atoms with Crippen molar-refractivity contribution >= 4 is 5.91 Å². The van der Waals surface area contributed by atoms with Gasteiger partial charge in [0.1, 0.15) is 5.69 Å². The maximum absolute atomic E-state index is 12.8. The highest BCUT2D eigenvalue weighted by molar-refractivity contribution is 5.93. The first kappa shape index (κ1) is 15.4. The SMILES string of the molecule is Cn1cccc1C(=O)N1C[C@H](O)[C@@]2(C1)[C@H](CO)[C@H]2c1ccccc1. The van der Waals surface area contributed by atoms with Crippen molar-refractivity contribution in [3.63, 3.8) is 0 Å². The molecule has 2 heterocycles. The lowest BCUT2D eigenvalue weighted by Gasteiger charge is -2.17. The number of carbonyl (C=O) groups excluding carboxylic acids is 1. The molecule has 4 atom stereocenters. The largest absolute Gasteiger partial charge is 0.396 e. The van der Waals surface area contributed by atoms with Crippen molar-refractivity contribution in [3.05, 3.63) is 59.9 Å². The summed E-state index contributed by atoms with van der Waals surface area (Å²) in [5, 5.41) is 20.5. The summed E-state index contributed by atoms with van der Waals surface area (Å²) in [6.45, 7) is 0.843. The second-order valence-corrected chi connectivity index (χ2v) is 7.00. The Morgan fingerprint density at radius 3 is 2.62 bits per heavy atom. The fraction of sp³-hybridized carbons (Fsp3) is 0.421. The number of amides is 1. The van der Waals surface area contributed by atoms with Crippen LogP contribution in [0.1, 0.15) is 22.0 Å². The molecule has 2 N–H and O–H groups in total. The fourth-order valence-corrected chi connectivity index (χ4v) is 4.57. The summed E-state index contributed by atoms with van der Waals surface area (Å²) in [5.74, 6) is 0.0415. The predicted molar refractivity (Wildman–Crippen MR) is 89.5 cm³/mol. The van der Waals surface area contributed by atoms with Crippen molar-refractivity contribution in [2.75, 3.05) is 19.7 Å². The highest BCUT2D eigenvalue weighted by Crippen LogP contribution is 2.68. The van der Waals surface area contributed by atoms with E-state index in [9.17, 15) is 15.0 Å². The van der Waals surface area contributed by atoms with E-state index in [1.807, 2.05) is 49.6 Å². The molecule has 0 unspecified atom stereocenters. The molecule has 24 heavy (non-hydrogen) atoms. The van der Waals surface area contributed by atoms with Gasteiger partial charge in [-0.05, 0) is 29.5 Å². The fourth-order valence-electron chi connectivity index (χ4n) is 4.57. The van der Waals surface area contributed by atoms with E-state index in [1.54, 1.807) is 15.5 Å². The van der Waals surface area contributed by atoms with Crippen LogP contribution in [0.15, 0.2) is 48.7 Å². The summed E-state index contributed by atoms with van der Waals surface area (Å²) in [7, 11) is 1.84. The first-order valence-corrected chi connectivity index (χ1v) is 8.34. The molecule has 5 heteroatoms. The first-order valence-electron chi connectivity index (χ1n) is 8.34. The van der Waals surface area contributed by atoms with Crippen LogP contribution in [0.5, 0.6) is 0 Å². The summed E-state index contributed by atoms with van der Waals surface area (Å²) >= 11 is 0. The molecule has 5 nitrogen and oxygen atoms in total. The summed E-state index contributed by atoms with van der Waals surface area (Å²) in [6.07, 6.45) is 1.24. The second kappa shape index (κ2) is 5.46. The topological polar surface area (TPSA) is 65.7 Å². The molecule has 126 valence electrons. The zero-order valence-corrected chi connectivity index (χ0v) is 13.7. The van der Waals surface area contributed by atoms with E-state index in [4.69, 9.17) is 0 Å². The van der Waals surface area contributed by atoms with Gasteiger partial charge in [0.05, 0.1) is 6.10 Å². The van der Waals surface area contributed by atoms with E-state index < -0.39 is 11.5 Å². The molecule has 1 saturated heterocycles. The number of rotatable bonds is 3. The van der Waals surface area contributed by atoms with Gasteiger partial charge < -0.3 is 19.7 Å². The Balaban J connectivity index is 1.61. The average Bonchev–Trinajstić information content (AvgIpc) is 2.82. The number of β-amino-alcohol motifs (C(OH)–C–C–N with tert-alkyl or cyclic N) is 1. The molecule has 4 rings (SSSR count). The van der Waals surface area contributed by atoms with Gasteiger partial charge in [-0.25, -0.2) is 0 Å². The van der Waals surface area contributed by atoms with Gasteiger partial charge in [0.2, 0.25) is 0 Å². The number of carbonyl (C=O) groups is 1. The van der Waals surface area contributed by atoms with Gasteiger partial charge in [-0.1, -0.05) is 30.3 Å². The molecule has 0 bridgehead atoms. The predicted octanol–water partition coefficient (Wildman–Crippen LogP) is 1.23. The Hall–Kier alpha value is -2.11. The van der Waals surface area contributed by atoms with Crippen molar-refractivity contribution in [1.82, 2.24) is 9.47 Å². The average molecular weight is 326 g/mol. The lowest BCUT2D eigenvalue weighted by atomic mass is 9.95. The van der Waals surface area contributed by atoms with Crippen LogP contribution in [0.25, 0.3) is 0 Å². The minimum atomic E-state index is -0.607. The molecule has 1 aromatic heterocycles. The van der Waals surface area contributed by atoms with Gasteiger partial charge in [-0.15, -0.1) is 0 Å². The maximum atomic E-state index is 12.8. The number of nitrogens with zero attached hydrogens (tertiary/aromatic N) is 2. The molecule has 2 aromatic rings. The molecular formula is C19H22N2O3. The van der Waals surface area contributed by atoms with E-state index in [2.05, 4.69) is 0 Å². The van der Waals surface area contributed by atoms with E-state index in [-0.39, 0.29) is 24.3 Å². The van der Waals surface area contributed by atoms with E-state index >= 15 is 0 Å². The van der Waals surface area contributed by atoms with Gasteiger partial charge >= 0.3 is 0 Å². The quantitative estimate of drug-likeness (QED) is 0.892. The van der Waals surface area contributed by atoms with Gasteiger partial charge in [-0.3, -0.25) is 4.79 Å². The highest BCUT2D eigenvalue weighted by atomic mass is 16.3. The van der Waals surface area contributed by atoms with Crippen LogP contribution in [-0.4, -0.2) is 51.4 Å². The number of aliphatic hydroxyl groups excluding tert-OH is 2. The third-order valence-electron chi connectivity index (χ3n) is 5.85.